The molecule has 0 saturated carbocycles. The van der Waals surface area contributed by atoms with Crippen molar-refractivity contribution in [2.75, 3.05) is 5.32 Å². The Balaban J connectivity index is 1.34. The van der Waals surface area contributed by atoms with Gasteiger partial charge < -0.3 is 14.8 Å². The SMILES string of the molecule is CCCCc1ccc(NC(=O)c2ccc(COc3cccc4c3OC(C)(C)C4)cc2)cc1. The number of para-hydroxylation sites is 1. The summed E-state index contributed by atoms with van der Waals surface area (Å²) in [5.74, 6) is 1.49. The van der Waals surface area contributed by atoms with Gasteiger partial charge in [0.1, 0.15) is 12.2 Å². The van der Waals surface area contributed by atoms with Crippen molar-refractivity contribution in [1.82, 2.24) is 0 Å². The predicted molar refractivity (Wildman–Crippen MR) is 129 cm³/mol. The molecule has 1 N–H and O–H groups in total. The molecular formula is C28H31NO3. The van der Waals surface area contributed by atoms with E-state index in [1.54, 1.807) is 0 Å². The first-order valence-corrected chi connectivity index (χ1v) is 11.4. The molecule has 166 valence electrons. The molecule has 1 amide bonds. The summed E-state index contributed by atoms with van der Waals surface area (Å²) in [6, 6.07) is 21.6. The molecule has 3 aromatic carbocycles. The van der Waals surface area contributed by atoms with Gasteiger partial charge in [-0.15, -0.1) is 0 Å². The molecule has 0 aromatic heterocycles. The number of hydrogen-bond donors (Lipinski definition) is 1. The zero-order valence-corrected chi connectivity index (χ0v) is 19.1. The van der Waals surface area contributed by atoms with Gasteiger partial charge in [-0.1, -0.05) is 49.7 Å². The van der Waals surface area contributed by atoms with Crippen molar-refractivity contribution in [2.24, 2.45) is 0 Å². The van der Waals surface area contributed by atoms with Crippen LogP contribution in [0.2, 0.25) is 0 Å². The summed E-state index contributed by atoms with van der Waals surface area (Å²) >= 11 is 0. The van der Waals surface area contributed by atoms with Gasteiger partial charge in [-0.25, -0.2) is 0 Å². The Morgan fingerprint density at radius 1 is 1.00 bits per heavy atom. The van der Waals surface area contributed by atoms with Crippen LogP contribution in [0.15, 0.2) is 66.7 Å². The van der Waals surface area contributed by atoms with Crippen molar-refractivity contribution in [3.05, 3.63) is 89.0 Å². The summed E-state index contributed by atoms with van der Waals surface area (Å²) in [5, 5.41) is 2.97. The Labute approximate surface area is 190 Å². The van der Waals surface area contributed by atoms with Gasteiger partial charge in [-0.3, -0.25) is 4.79 Å². The summed E-state index contributed by atoms with van der Waals surface area (Å²) < 4.78 is 12.1. The summed E-state index contributed by atoms with van der Waals surface area (Å²) in [7, 11) is 0. The van der Waals surface area contributed by atoms with E-state index in [1.165, 1.54) is 24.0 Å². The lowest BCUT2D eigenvalue weighted by atomic mass is 10.0. The Hall–Kier alpha value is -3.27. The lowest BCUT2D eigenvalue weighted by molar-refractivity contribution is 0.102. The highest BCUT2D eigenvalue weighted by atomic mass is 16.5. The van der Waals surface area contributed by atoms with Gasteiger partial charge in [-0.05, 0) is 68.1 Å². The molecule has 4 heteroatoms. The number of nitrogens with one attached hydrogen (secondary N) is 1. The second-order valence-electron chi connectivity index (χ2n) is 9.02. The third-order valence-electron chi connectivity index (χ3n) is 5.70. The summed E-state index contributed by atoms with van der Waals surface area (Å²) in [4.78, 5) is 12.6. The minimum atomic E-state index is -0.202. The molecule has 0 saturated heterocycles. The number of amides is 1. The summed E-state index contributed by atoms with van der Waals surface area (Å²) in [6.07, 6.45) is 4.31. The zero-order chi connectivity index (χ0) is 22.6. The zero-order valence-electron chi connectivity index (χ0n) is 19.1. The quantitative estimate of drug-likeness (QED) is 0.440. The number of carbonyl (C=O) groups is 1. The predicted octanol–water partition coefficient (Wildman–Crippen LogP) is 6.57. The first kappa shape index (κ1) is 21.9. The first-order valence-electron chi connectivity index (χ1n) is 11.4. The van der Waals surface area contributed by atoms with Gasteiger partial charge in [0.15, 0.2) is 11.5 Å². The Kier molecular flexibility index (Phi) is 6.50. The van der Waals surface area contributed by atoms with Crippen LogP contribution in [-0.4, -0.2) is 11.5 Å². The fourth-order valence-electron chi connectivity index (χ4n) is 3.95. The van der Waals surface area contributed by atoms with E-state index in [9.17, 15) is 4.79 Å². The first-order chi connectivity index (χ1) is 15.4. The summed E-state index contributed by atoms with van der Waals surface area (Å²) in [6.45, 7) is 6.78. The number of fused-ring (bicyclic) bond motifs is 1. The third-order valence-corrected chi connectivity index (χ3v) is 5.70. The fourth-order valence-corrected chi connectivity index (χ4v) is 3.95. The second-order valence-corrected chi connectivity index (χ2v) is 9.02. The molecular weight excluding hydrogens is 398 g/mol. The van der Waals surface area contributed by atoms with Gasteiger partial charge in [-0.2, -0.15) is 0 Å². The minimum absolute atomic E-state index is 0.115. The van der Waals surface area contributed by atoms with Crippen molar-refractivity contribution < 1.29 is 14.3 Å². The number of hydrogen-bond acceptors (Lipinski definition) is 3. The highest BCUT2D eigenvalue weighted by Gasteiger charge is 2.32. The number of unbranched alkanes of at least 4 members (excludes halogenated alkanes) is 1. The number of benzene rings is 3. The maximum Gasteiger partial charge on any atom is 0.255 e. The van der Waals surface area contributed by atoms with E-state index >= 15 is 0 Å². The number of ether oxygens (including phenoxy) is 2. The van der Waals surface area contributed by atoms with E-state index in [2.05, 4.69) is 44.3 Å². The average molecular weight is 430 g/mol. The molecule has 1 heterocycles. The minimum Gasteiger partial charge on any atom is -0.485 e. The maximum atomic E-state index is 12.6. The standard InChI is InChI=1S/C28H31NO3/c1-4-5-7-20-12-16-24(17-13-20)29-27(30)22-14-10-21(11-15-22)19-31-25-9-6-8-23-18-28(2,3)32-26(23)25/h6,8-17H,4-5,7,18-19H2,1-3H3,(H,29,30). The maximum absolute atomic E-state index is 12.6. The third kappa shape index (κ3) is 5.31. The molecule has 0 atom stereocenters. The monoisotopic (exact) mass is 429 g/mol. The van der Waals surface area contributed by atoms with Crippen molar-refractivity contribution in [3.63, 3.8) is 0 Å². The molecule has 4 nitrogen and oxygen atoms in total. The fraction of sp³-hybridized carbons (Fsp3) is 0.321. The largest absolute Gasteiger partial charge is 0.485 e. The van der Waals surface area contributed by atoms with Crippen LogP contribution < -0.4 is 14.8 Å². The molecule has 0 spiro atoms. The molecule has 1 aliphatic rings. The van der Waals surface area contributed by atoms with Gasteiger partial charge >= 0.3 is 0 Å². The molecule has 0 radical (unpaired) electrons. The van der Waals surface area contributed by atoms with Crippen LogP contribution in [0, 0.1) is 0 Å². The molecule has 0 aliphatic carbocycles. The molecule has 0 fully saturated rings. The molecule has 1 aliphatic heterocycles. The summed E-state index contributed by atoms with van der Waals surface area (Å²) in [5.41, 5.74) is 4.70. The molecule has 32 heavy (non-hydrogen) atoms. The Morgan fingerprint density at radius 2 is 1.72 bits per heavy atom. The number of aryl methyl sites for hydroxylation is 1. The van der Waals surface area contributed by atoms with Crippen LogP contribution in [0.25, 0.3) is 0 Å². The van der Waals surface area contributed by atoms with Gasteiger partial charge in [0.05, 0.1) is 0 Å². The average Bonchev–Trinajstić information content (AvgIpc) is 3.12. The Bertz CT molecular complexity index is 1070. The van der Waals surface area contributed by atoms with E-state index in [0.29, 0.717) is 12.2 Å². The molecule has 0 bridgehead atoms. The second kappa shape index (κ2) is 9.47. The van der Waals surface area contributed by atoms with Crippen LogP contribution >= 0.6 is 0 Å². The molecule has 3 aromatic rings. The van der Waals surface area contributed by atoms with Gasteiger partial charge in [0.2, 0.25) is 0 Å². The van der Waals surface area contributed by atoms with Crippen LogP contribution in [-0.2, 0) is 19.4 Å². The number of anilines is 1. The molecule has 4 rings (SSSR count). The van der Waals surface area contributed by atoms with Crippen LogP contribution in [0.3, 0.4) is 0 Å². The lowest BCUT2D eigenvalue weighted by Gasteiger charge is -2.18. The van der Waals surface area contributed by atoms with E-state index in [-0.39, 0.29) is 11.5 Å². The van der Waals surface area contributed by atoms with E-state index in [0.717, 1.165) is 35.6 Å². The topological polar surface area (TPSA) is 47.6 Å². The van der Waals surface area contributed by atoms with Crippen molar-refractivity contribution >= 4 is 11.6 Å². The lowest BCUT2D eigenvalue weighted by Crippen LogP contribution is -2.24. The van der Waals surface area contributed by atoms with Gasteiger partial charge in [0, 0.05) is 23.2 Å². The van der Waals surface area contributed by atoms with E-state index < -0.39 is 0 Å². The van der Waals surface area contributed by atoms with Crippen molar-refractivity contribution in [3.8, 4) is 11.5 Å². The normalized spacial score (nSPS) is 13.8. The van der Waals surface area contributed by atoms with E-state index in [1.807, 2.05) is 48.5 Å². The van der Waals surface area contributed by atoms with Crippen LogP contribution in [0.1, 0.15) is 60.7 Å². The Morgan fingerprint density at radius 3 is 2.44 bits per heavy atom. The van der Waals surface area contributed by atoms with Crippen molar-refractivity contribution in [2.45, 2.75) is 58.7 Å². The highest BCUT2D eigenvalue weighted by Crippen LogP contribution is 2.41. The van der Waals surface area contributed by atoms with Gasteiger partial charge in [0.25, 0.3) is 5.91 Å². The van der Waals surface area contributed by atoms with Crippen molar-refractivity contribution in [1.29, 1.82) is 0 Å². The smallest absolute Gasteiger partial charge is 0.255 e. The highest BCUT2D eigenvalue weighted by molar-refractivity contribution is 6.04. The molecule has 0 unspecified atom stereocenters. The van der Waals surface area contributed by atoms with Crippen LogP contribution in [0.5, 0.6) is 11.5 Å². The number of carbonyl (C=O) groups excluding carboxylic acids is 1. The number of rotatable bonds is 8. The van der Waals surface area contributed by atoms with E-state index in [4.69, 9.17) is 9.47 Å². The van der Waals surface area contributed by atoms with Crippen LogP contribution in [0.4, 0.5) is 5.69 Å².